The number of anilines is 1. The second-order valence-electron chi connectivity index (χ2n) is 6.85. The van der Waals surface area contributed by atoms with Gasteiger partial charge in [-0.15, -0.1) is 0 Å². The summed E-state index contributed by atoms with van der Waals surface area (Å²) >= 11 is 5.85. The van der Waals surface area contributed by atoms with E-state index in [9.17, 15) is 4.79 Å². The normalized spacial score (nSPS) is 32.6. The van der Waals surface area contributed by atoms with Crippen LogP contribution in [0.1, 0.15) is 32.1 Å². The Labute approximate surface area is 123 Å². The van der Waals surface area contributed by atoms with Crippen LogP contribution in [0.25, 0.3) is 0 Å². The predicted molar refractivity (Wildman–Crippen MR) is 79.1 cm³/mol. The maximum atomic E-state index is 11.7. The Kier molecular flexibility index (Phi) is 3.02. The van der Waals surface area contributed by atoms with E-state index in [0.717, 1.165) is 36.8 Å². The molecule has 0 aromatic carbocycles. The lowest BCUT2D eigenvalue weighted by molar-refractivity contribution is 0.242. The van der Waals surface area contributed by atoms with E-state index in [0.29, 0.717) is 10.8 Å². The third-order valence-corrected chi connectivity index (χ3v) is 5.76. The first kappa shape index (κ1) is 12.7. The number of nitrogens with zero attached hydrogens (tertiary/aromatic N) is 2. The summed E-state index contributed by atoms with van der Waals surface area (Å²) in [6, 6.07) is 1.67. The molecule has 1 N–H and O–H groups in total. The topological polar surface area (TPSA) is 49.0 Å². The van der Waals surface area contributed by atoms with Gasteiger partial charge in [-0.05, 0) is 49.4 Å². The smallest absolute Gasteiger partial charge is 0.287 e. The zero-order valence-corrected chi connectivity index (χ0v) is 12.3. The number of halogens is 1. The maximum absolute atomic E-state index is 11.7. The number of hydrogen-bond donors (Lipinski definition) is 1. The van der Waals surface area contributed by atoms with Crippen LogP contribution in [-0.4, -0.2) is 23.3 Å². The summed E-state index contributed by atoms with van der Waals surface area (Å²) < 4.78 is 0. The number of hydrogen-bond acceptors (Lipinski definition) is 3. The minimum Gasteiger partial charge on any atom is -0.366 e. The Morgan fingerprint density at radius 3 is 2.90 bits per heavy atom. The average Bonchev–Trinajstić information content (AvgIpc) is 2.99. The largest absolute Gasteiger partial charge is 0.366 e. The van der Waals surface area contributed by atoms with E-state index in [1.807, 2.05) is 0 Å². The van der Waals surface area contributed by atoms with E-state index in [4.69, 9.17) is 11.6 Å². The Morgan fingerprint density at radius 2 is 2.20 bits per heavy atom. The predicted octanol–water partition coefficient (Wildman–Crippen LogP) is 2.69. The number of rotatable bonds is 3. The zero-order chi connectivity index (χ0) is 13.7. The van der Waals surface area contributed by atoms with Crippen LogP contribution in [0, 0.1) is 23.7 Å². The van der Waals surface area contributed by atoms with Gasteiger partial charge >= 0.3 is 0 Å². The van der Waals surface area contributed by atoms with E-state index in [-0.39, 0.29) is 5.56 Å². The maximum Gasteiger partial charge on any atom is 0.287 e. The highest BCUT2D eigenvalue weighted by Gasteiger charge is 2.41. The van der Waals surface area contributed by atoms with Crippen molar-refractivity contribution in [1.29, 1.82) is 0 Å². The van der Waals surface area contributed by atoms with Gasteiger partial charge in [-0.2, -0.15) is 5.10 Å². The van der Waals surface area contributed by atoms with Crippen molar-refractivity contribution in [2.45, 2.75) is 32.1 Å². The molecule has 20 heavy (non-hydrogen) atoms. The molecule has 2 heterocycles. The van der Waals surface area contributed by atoms with Crippen molar-refractivity contribution in [2.24, 2.45) is 23.7 Å². The summed E-state index contributed by atoms with van der Waals surface area (Å²) in [5, 5.41) is 6.52. The third kappa shape index (κ3) is 2.14. The van der Waals surface area contributed by atoms with Gasteiger partial charge in [0.1, 0.15) is 5.69 Å². The fourth-order valence-corrected chi connectivity index (χ4v) is 4.76. The van der Waals surface area contributed by atoms with Crippen LogP contribution in [-0.2, 0) is 0 Å². The van der Waals surface area contributed by atoms with E-state index in [1.165, 1.54) is 32.1 Å². The van der Waals surface area contributed by atoms with E-state index < -0.39 is 0 Å². The second-order valence-corrected chi connectivity index (χ2v) is 7.23. The monoisotopic (exact) mass is 293 g/mol. The molecule has 1 aromatic rings. The molecule has 1 saturated heterocycles. The molecule has 1 aliphatic heterocycles. The van der Waals surface area contributed by atoms with Crippen molar-refractivity contribution in [2.75, 3.05) is 18.0 Å². The summed E-state index contributed by atoms with van der Waals surface area (Å²) in [4.78, 5) is 13.9. The molecule has 2 aliphatic carbocycles. The molecule has 1 aromatic heterocycles. The van der Waals surface area contributed by atoms with E-state index in [1.54, 1.807) is 6.07 Å². The second kappa shape index (κ2) is 4.76. The molecule has 108 valence electrons. The first-order valence-electron chi connectivity index (χ1n) is 7.69. The Morgan fingerprint density at radius 1 is 1.35 bits per heavy atom. The van der Waals surface area contributed by atoms with Gasteiger partial charge in [-0.1, -0.05) is 18.0 Å². The van der Waals surface area contributed by atoms with Gasteiger partial charge in [-0.3, -0.25) is 4.79 Å². The van der Waals surface area contributed by atoms with Crippen LogP contribution in [0.5, 0.6) is 0 Å². The third-order valence-electron chi connectivity index (χ3n) is 5.57. The Hall–Kier alpha value is -1.03. The van der Waals surface area contributed by atoms with Crippen molar-refractivity contribution in [1.82, 2.24) is 10.2 Å². The average molecular weight is 294 g/mol. The molecule has 4 nitrogen and oxygen atoms in total. The summed E-state index contributed by atoms with van der Waals surface area (Å²) in [6.45, 7) is 1.99. The summed E-state index contributed by atoms with van der Waals surface area (Å²) in [7, 11) is 0. The van der Waals surface area contributed by atoms with Gasteiger partial charge in [0.05, 0.1) is 0 Å². The fourth-order valence-electron chi connectivity index (χ4n) is 4.62. The van der Waals surface area contributed by atoms with Crippen LogP contribution in [0.3, 0.4) is 0 Å². The summed E-state index contributed by atoms with van der Waals surface area (Å²) in [6.07, 6.45) is 7.24. The minimum atomic E-state index is -0.132. The van der Waals surface area contributed by atoms with Crippen LogP contribution >= 0.6 is 11.6 Å². The first-order chi connectivity index (χ1) is 9.69. The molecular formula is C15H20ClN3O. The highest BCUT2D eigenvalue weighted by molar-refractivity contribution is 6.29. The number of aromatic nitrogens is 2. The molecule has 3 unspecified atom stereocenters. The van der Waals surface area contributed by atoms with E-state index >= 15 is 0 Å². The molecule has 3 atom stereocenters. The molecule has 2 bridgehead atoms. The van der Waals surface area contributed by atoms with Crippen molar-refractivity contribution < 1.29 is 0 Å². The first-order valence-corrected chi connectivity index (χ1v) is 8.07. The molecule has 3 fully saturated rings. The minimum absolute atomic E-state index is 0.132. The standard InChI is InChI=1S/C15H20ClN3O/c16-14-6-13(15(20)18-17-14)19-7-10(8-19)5-12-4-9-1-2-11(12)3-9/h6,9-12H,1-5,7-8H2,(H,18,20). The van der Waals surface area contributed by atoms with Gasteiger partial charge in [0.2, 0.25) is 0 Å². The van der Waals surface area contributed by atoms with Gasteiger partial charge in [0, 0.05) is 19.2 Å². The summed E-state index contributed by atoms with van der Waals surface area (Å²) in [5.74, 6) is 3.75. The Balaban J connectivity index is 1.35. The highest BCUT2D eigenvalue weighted by atomic mass is 35.5. The van der Waals surface area contributed by atoms with Gasteiger partial charge < -0.3 is 4.90 Å². The van der Waals surface area contributed by atoms with E-state index in [2.05, 4.69) is 15.1 Å². The van der Waals surface area contributed by atoms with Gasteiger partial charge in [-0.25, -0.2) is 5.10 Å². The zero-order valence-electron chi connectivity index (χ0n) is 11.5. The van der Waals surface area contributed by atoms with Crippen LogP contribution in [0.4, 0.5) is 5.69 Å². The SMILES string of the molecule is O=c1[nH]nc(Cl)cc1N1CC(CC2CC3CCC2C3)C1. The van der Waals surface area contributed by atoms with Crippen molar-refractivity contribution in [3.63, 3.8) is 0 Å². The number of aromatic amines is 1. The number of nitrogens with one attached hydrogen (secondary N) is 1. The van der Waals surface area contributed by atoms with Crippen molar-refractivity contribution >= 4 is 17.3 Å². The molecular weight excluding hydrogens is 274 g/mol. The van der Waals surface area contributed by atoms with Gasteiger partial charge in [0.25, 0.3) is 5.56 Å². The highest BCUT2D eigenvalue weighted by Crippen LogP contribution is 2.51. The number of fused-ring (bicyclic) bond motifs is 2. The van der Waals surface area contributed by atoms with Crippen molar-refractivity contribution in [3.05, 3.63) is 21.6 Å². The van der Waals surface area contributed by atoms with Crippen LogP contribution in [0.2, 0.25) is 5.15 Å². The summed E-state index contributed by atoms with van der Waals surface area (Å²) in [5.41, 5.74) is 0.543. The molecule has 3 aliphatic rings. The Bertz CT molecular complexity index is 566. The lowest BCUT2D eigenvalue weighted by Gasteiger charge is -2.42. The molecule has 0 radical (unpaired) electrons. The quantitative estimate of drug-likeness (QED) is 0.932. The van der Waals surface area contributed by atoms with Crippen LogP contribution < -0.4 is 10.5 Å². The van der Waals surface area contributed by atoms with Crippen molar-refractivity contribution in [3.8, 4) is 0 Å². The number of H-pyrrole nitrogens is 1. The fraction of sp³-hybridized carbons (Fsp3) is 0.733. The lowest BCUT2D eigenvalue weighted by atomic mass is 9.80. The molecule has 5 heteroatoms. The molecule has 0 amide bonds. The van der Waals surface area contributed by atoms with Crippen LogP contribution in [0.15, 0.2) is 10.9 Å². The molecule has 2 saturated carbocycles. The lowest BCUT2D eigenvalue weighted by Crippen LogP contribution is -2.49. The molecule has 4 rings (SSSR count). The van der Waals surface area contributed by atoms with Gasteiger partial charge in [0.15, 0.2) is 5.15 Å². The molecule has 0 spiro atoms.